The molecular formula is C10H18O3. The summed E-state index contributed by atoms with van der Waals surface area (Å²) in [5.74, 6) is -0.545. The lowest BCUT2D eigenvalue weighted by atomic mass is 9.92. The van der Waals surface area contributed by atoms with E-state index in [1.54, 1.807) is 6.92 Å². The maximum absolute atomic E-state index is 11.0. The van der Waals surface area contributed by atoms with Gasteiger partial charge in [-0.25, -0.2) is 4.79 Å². The Hall–Kier alpha value is -0.830. The quantitative estimate of drug-likeness (QED) is 0.415. The number of ether oxygens (including phenoxy) is 1. The van der Waals surface area contributed by atoms with Crippen LogP contribution < -0.4 is 0 Å². The van der Waals surface area contributed by atoms with Crippen molar-refractivity contribution in [2.75, 3.05) is 0 Å². The van der Waals surface area contributed by atoms with E-state index in [4.69, 9.17) is 4.74 Å². The molecule has 1 unspecified atom stereocenters. The van der Waals surface area contributed by atoms with E-state index < -0.39 is 12.3 Å². The van der Waals surface area contributed by atoms with Gasteiger partial charge in [0.05, 0.1) is 0 Å². The van der Waals surface area contributed by atoms with Gasteiger partial charge in [-0.2, -0.15) is 0 Å². The van der Waals surface area contributed by atoms with E-state index in [1.807, 2.05) is 20.8 Å². The Kier molecular flexibility index (Phi) is 4.14. The first-order valence-corrected chi connectivity index (χ1v) is 4.27. The first kappa shape index (κ1) is 12.2. The summed E-state index contributed by atoms with van der Waals surface area (Å²) in [7, 11) is 0. The van der Waals surface area contributed by atoms with Crippen LogP contribution in [0.3, 0.4) is 0 Å². The van der Waals surface area contributed by atoms with Crippen LogP contribution >= 0.6 is 0 Å². The summed E-state index contributed by atoms with van der Waals surface area (Å²) < 4.78 is 4.70. The van der Waals surface area contributed by atoms with Gasteiger partial charge in [-0.05, 0) is 12.3 Å². The van der Waals surface area contributed by atoms with Gasteiger partial charge in [0.1, 0.15) is 0 Å². The Balaban J connectivity index is 3.95. The van der Waals surface area contributed by atoms with Gasteiger partial charge in [-0.3, -0.25) is 0 Å². The SMILES string of the molecule is C=C(C)C(=O)OC(O)CC(C)(C)C. The van der Waals surface area contributed by atoms with Gasteiger partial charge in [0.15, 0.2) is 0 Å². The summed E-state index contributed by atoms with van der Waals surface area (Å²) in [6.45, 7) is 10.9. The van der Waals surface area contributed by atoms with Crippen molar-refractivity contribution < 1.29 is 14.6 Å². The topological polar surface area (TPSA) is 46.5 Å². The van der Waals surface area contributed by atoms with Gasteiger partial charge in [0.2, 0.25) is 6.29 Å². The van der Waals surface area contributed by atoms with E-state index >= 15 is 0 Å². The highest BCUT2D eigenvalue weighted by Gasteiger charge is 2.19. The standard InChI is InChI=1S/C10H18O3/c1-7(2)9(12)13-8(11)6-10(3,4)5/h8,11H,1,6H2,2-5H3. The first-order valence-electron chi connectivity index (χ1n) is 4.27. The summed E-state index contributed by atoms with van der Waals surface area (Å²) in [6.07, 6.45) is -0.615. The van der Waals surface area contributed by atoms with Gasteiger partial charge in [0, 0.05) is 12.0 Å². The Morgan fingerprint density at radius 1 is 1.54 bits per heavy atom. The summed E-state index contributed by atoms with van der Waals surface area (Å²) >= 11 is 0. The van der Waals surface area contributed by atoms with Crippen molar-refractivity contribution in [3.8, 4) is 0 Å². The molecule has 0 radical (unpaired) electrons. The second-order valence-corrected chi connectivity index (χ2v) is 4.41. The van der Waals surface area contributed by atoms with E-state index in [9.17, 15) is 9.90 Å². The predicted molar refractivity (Wildman–Crippen MR) is 51.0 cm³/mol. The molecule has 13 heavy (non-hydrogen) atoms. The molecule has 0 aliphatic heterocycles. The highest BCUT2D eigenvalue weighted by molar-refractivity contribution is 5.86. The molecule has 76 valence electrons. The van der Waals surface area contributed by atoms with Crippen LogP contribution in [-0.2, 0) is 9.53 Å². The zero-order chi connectivity index (χ0) is 10.6. The Labute approximate surface area is 79.4 Å². The molecule has 0 aromatic heterocycles. The molecule has 0 aliphatic rings. The van der Waals surface area contributed by atoms with Crippen molar-refractivity contribution in [2.24, 2.45) is 5.41 Å². The molecular weight excluding hydrogens is 168 g/mol. The average molecular weight is 186 g/mol. The second kappa shape index (κ2) is 4.42. The lowest BCUT2D eigenvalue weighted by Crippen LogP contribution is -2.23. The molecule has 0 heterocycles. The molecule has 0 saturated carbocycles. The highest BCUT2D eigenvalue weighted by Crippen LogP contribution is 2.21. The summed E-state index contributed by atoms with van der Waals surface area (Å²) in [5, 5.41) is 9.32. The molecule has 1 N–H and O–H groups in total. The minimum absolute atomic E-state index is 0.0607. The number of hydrogen-bond donors (Lipinski definition) is 1. The molecule has 0 fully saturated rings. The van der Waals surface area contributed by atoms with Crippen molar-refractivity contribution in [2.45, 2.75) is 40.4 Å². The van der Waals surface area contributed by atoms with Crippen molar-refractivity contribution in [1.82, 2.24) is 0 Å². The molecule has 3 heteroatoms. The third kappa shape index (κ3) is 6.34. The number of carbonyl (C=O) groups is 1. The third-order valence-corrected chi connectivity index (χ3v) is 1.38. The first-order chi connectivity index (χ1) is 5.72. The summed E-state index contributed by atoms with van der Waals surface area (Å²) in [4.78, 5) is 11.0. The Morgan fingerprint density at radius 3 is 2.31 bits per heavy atom. The van der Waals surface area contributed by atoms with E-state index in [2.05, 4.69) is 6.58 Å². The van der Waals surface area contributed by atoms with Gasteiger partial charge in [0.25, 0.3) is 0 Å². The van der Waals surface area contributed by atoms with Crippen molar-refractivity contribution in [3.63, 3.8) is 0 Å². The maximum Gasteiger partial charge on any atom is 0.335 e. The molecule has 0 rings (SSSR count). The molecule has 1 atom stereocenters. The van der Waals surface area contributed by atoms with E-state index in [1.165, 1.54) is 0 Å². The van der Waals surface area contributed by atoms with Crippen LogP contribution in [0.25, 0.3) is 0 Å². The normalized spacial score (nSPS) is 13.6. The van der Waals surface area contributed by atoms with E-state index in [-0.39, 0.29) is 5.41 Å². The zero-order valence-electron chi connectivity index (χ0n) is 8.76. The van der Waals surface area contributed by atoms with Crippen molar-refractivity contribution >= 4 is 5.97 Å². The fraction of sp³-hybridized carbons (Fsp3) is 0.700. The van der Waals surface area contributed by atoms with Crippen LogP contribution in [0.2, 0.25) is 0 Å². The average Bonchev–Trinajstić information content (AvgIpc) is 1.81. The molecule has 0 aliphatic carbocycles. The number of esters is 1. The van der Waals surface area contributed by atoms with Crippen molar-refractivity contribution in [3.05, 3.63) is 12.2 Å². The van der Waals surface area contributed by atoms with Crippen LogP contribution in [0.4, 0.5) is 0 Å². The highest BCUT2D eigenvalue weighted by atomic mass is 16.6. The third-order valence-electron chi connectivity index (χ3n) is 1.38. The van der Waals surface area contributed by atoms with Gasteiger partial charge >= 0.3 is 5.97 Å². The lowest BCUT2D eigenvalue weighted by Gasteiger charge is -2.21. The fourth-order valence-electron chi connectivity index (χ4n) is 0.790. The van der Waals surface area contributed by atoms with Gasteiger partial charge in [-0.1, -0.05) is 27.4 Å². The molecule has 0 bridgehead atoms. The molecule has 0 spiro atoms. The lowest BCUT2D eigenvalue weighted by molar-refractivity contribution is -0.166. The summed E-state index contributed by atoms with van der Waals surface area (Å²) in [5.41, 5.74) is 0.238. The van der Waals surface area contributed by atoms with E-state index in [0.717, 1.165) is 0 Å². The number of aliphatic hydroxyl groups excluding tert-OH is 1. The van der Waals surface area contributed by atoms with Crippen LogP contribution in [0, 0.1) is 5.41 Å². The number of aliphatic hydroxyl groups is 1. The molecule has 0 saturated heterocycles. The van der Waals surface area contributed by atoms with Gasteiger partial charge < -0.3 is 9.84 Å². The second-order valence-electron chi connectivity index (χ2n) is 4.41. The minimum Gasteiger partial charge on any atom is -0.433 e. The minimum atomic E-state index is -1.04. The predicted octanol–water partition coefficient (Wildman–Crippen LogP) is 1.86. The molecule has 0 aromatic rings. The van der Waals surface area contributed by atoms with Crippen LogP contribution in [0.1, 0.15) is 34.1 Å². The molecule has 0 aromatic carbocycles. The van der Waals surface area contributed by atoms with Crippen molar-refractivity contribution in [1.29, 1.82) is 0 Å². The zero-order valence-corrected chi connectivity index (χ0v) is 8.76. The van der Waals surface area contributed by atoms with Gasteiger partial charge in [-0.15, -0.1) is 0 Å². The van der Waals surface area contributed by atoms with Crippen LogP contribution in [-0.4, -0.2) is 17.4 Å². The maximum atomic E-state index is 11.0. The fourth-order valence-corrected chi connectivity index (χ4v) is 0.790. The summed E-state index contributed by atoms with van der Waals surface area (Å²) in [6, 6.07) is 0. The molecule has 0 amide bonds. The van der Waals surface area contributed by atoms with E-state index in [0.29, 0.717) is 12.0 Å². The largest absolute Gasteiger partial charge is 0.433 e. The molecule has 3 nitrogen and oxygen atoms in total. The number of rotatable bonds is 3. The monoisotopic (exact) mass is 186 g/mol. The number of hydrogen-bond acceptors (Lipinski definition) is 3. The Morgan fingerprint density at radius 2 is 2.00 bits per heavy atom. The smallest absolute Gasteiger partial charge is 0.335 e. The van der Waals surface area contributed by atoms with Crippen LogP contribution in [0.15, 0.2) is 12.2 Å². The number of carbonyl (C=O) groups excluding carboxylic acids is 1. The van der Waals surface area contributed by atoms with Crippen LogP contribution in [0.5, 0.6) is 0 Å². The Bertz CT molecular complexity index is 201.